The van der Waals surface area contributed by atoms with Crippen molar-refractivity contribution in [3.05, 3.63) is 47.8 Å². The Bertz CT molecular complexity index is 701. The molecule has 0 bridgehead atoms. The highest BCUT2D eigenvalue weighted by molar-refractivity contribution is 5.84. The molecule has 0 spiro atoms. The van der Waals surface area contributed by atoms with E-state index in [0.717, 1.165) is 5.56 Å². The first-order valence-corrected chi connectivity index (χ1v) is 7.21. The third-order valence-corrected chi connectivity index (χ3v) is 3.69. The highest BCUT2D eigenvalue weighted by Crippen LogP contribution is 2.24. The van der Waals surface area contributed by atoms with Crippen LogP contribution in [0.2, 0.25) is 0 Å². The number of hydrogen-bond donors (Lipinski definition) is 1. The number of carboxylic acid groups (broad SMARTS) is 1. The fourth-order valence-electron chi connectivity index (χ4n) is 2.56. The Labute approximate surface area is 132 Å². The van der Waals surface area contributed by atoms with E-state index in [-0.39, 0.29) is 24.2 Å². The van der Waals surface area contributed by atoms with Crippen molar-refractivity contribution in [1.82, 2.24) is 19.9 Å². The van der Waals surface area contributed by atoms with Gasteiger partial charge in [-0.1, -0.05) is 35.5 Å². The Morgan fingerprint density at radius 3 is 2.78 bits per heavy atom. The van der Waals surface area contributed by atoms with E-state index in [1.54, 1.807) is 4.90 Å². The molecule has 23 heavy (non-hydrogen) atoms. The zero-order chi connectivity index (χ0) is 16.2. The average Bonchev–Trinajstić information content (AvgIpc) is 3.04. The topological polar surface area (TPSA) is 97.5 Å². The minimum atomic E-state index is -1.17. The Kier molecular flexibility index (Phi) is 4.33. The van der Waals surface area contributed by atoms with Crippen LogP contribution in [-0.2, 0) is 16.1 Å². The number of aromatic carboxylic acids is 1. The molecule has 8 heteroatoms. The first-order chi connectivity index (χ1) is 11.1. The van der Waals surface area contributed by atoms with Crippen LogP contribution in [0, 0.1) is 0 Å². The van der Waals surface area contributed by atoms with Gasteiger partial charge >= 0.3 is 5.97 Å². The standard InChI is InChI=1S/C15H16N4O4/c20-14(9-18-8-12(15(21)22)16-17-18)19-6-7-23-10-13(19)11-4-2-1-3-5-11/h1-5,8,13H,6-7,9-10H2,(H,21,22). The molecule has 1 aromatic carbocycles. The Morgan fingerprint density at radius 1 is 1.30 bits per heavy atom. The van der Waals surface area contributed by atoms with E-state index in [2.05, 4.69) is 10.3 Å². The largest absolute Gasteiger partial charge is 0.476 e. The number of aromatic nitrogens is 3. The van der Waals surface area contributed by atoms with E-state index < -0.39 is 5.97 Å². The number of carbonyl (C=O) groups excluding carboxylic acids is 1. The molecule has 3 rings (SSSR count). The third-order valence-electron chi connectivity index (χ3n) is 3.69. The molecule has 1 fully saturated rings. The zero-order valence-corrected chi connectivity index (χ0v) is 12.3. The number of ether oxygens (including phenoxy) is 1. The van der Waals surface area contributed by atoms with Gasteiger partial charge in [-0.15, -0.1) is 5.10 Å². The van der Waals surface area contributed by atoms with Gasteiger partial charge in [-0.2, -0.15) is 0 Å². The predicted octanol–water partition coefficient (Wildman–Crippen LogP) is 0.576. The molecule has 1 saturated heterocycles. The molecule has 0 radical (unpaired) electrons. The molecule has 120 valence electrons. The molecule has 1 amide bonds. The van der Waals surface area contributed by atoms with Crippen molar-refractivity contribution in [2.75, 3.05) is 19.8 Å². The van der Waals surface area contributed by atoms with Gasteiger partial charge in [0, 0.05) is 6.54 Å². The third kappa shape index (κ3) is 3.37. The van der Waals surface area contributed by atoms with Gasteiger partial charge in [0.2, 0.25) is 5.91 Å². The van der Waals surface area contributed by atoms with E-state index in [1.165, 1.54) is 10.9 Å². The summed E-state index contributed by atoms with van der Waals surface area (Å²) in [5.74, 6) is -1.32. The van der Waals surface area contributed by atoms with Crippen LogP contribution in [0.25, 0.3) is 0 Å². The van der Waals surface area contributed by atoms with E-state index >= 15 is 0 Å². The van der Waals surface area contributed by atoms with Gasteiger partial charge < -0.3 is 14.7 Å². The van der Waals surface area contributed by atoms with Gasteiger partial charge in [-0.05, 0) is 5.56 Å². The molecule has 8 nitrogen and oxygen atoms in total. The summed E-state index contributed by atoms with van der Waals surface area (Å²) >= 11 is 0. The fraction of sp³-hybridized carbons (Fsp3) is 0.333. The molecule has 1 atom stereocenters. The van der Waals surface area contributed by atoms with E-state index in [0.29, 0.717) is 19.8 Å². The lowest BCUT2D eigenvalue weighted by Gasteiger charge is -2.35. The molecule has 0 saturated carbocycles. The molecule has 1 aromatic heterocycles. The number of carbonyl (C=O) groups is 2. The predicted molar refractivity (Wildman–Crippen MR) is 78.7 cm³/mol. The van der Waals surface area contributed by atoms with Gasteiger partial charge in [-0.3, -0.25) is 4.79 Å². The van der Waals surface area contributed by atoms with Crippen LogP contribution >= 0.6 is 0 Å². The molecular weight excluding hydrogens is 300 g/mol. The molecule has 1 aliphatic heterocycles. The van der Waals surface area contributed by atoms with Crippen molar-refractivity contribution in [2.45, 2.75) is 12.6 Å². The van der Waals surface area contributed by atoms with Crippen LogP contribution in [-0.4, -0.2) is 56.6 Å². The van der Waals surface area contributed by atoms with Crippen LogP contribution < -0.4 is 0 Å². The molecule has 2 heterocycles. The van der Waals surface area contributed by atoms with Gasteiger partial charge in [-0.25, -0.2) is 9.48 Å². The Morgan fingerprint density at radius 2 is 2.09 bits per heavy atom. The quantitative estimate of drug-likeness (QED) is 0.886. The summed E-state index contributed by atoms with van der Waals surface area (Å²) in [5.41, 5.74) is 0.824. The first kappa shape index (κ1) is 15.2. The van der Waals surface area contributed by atoms with Crippen molar-refractivity contribution in [1.29, 1.82) is 0 Å². The molecule has 1 unspecified atom stereocenters. The van der Waals surface area contributed by atoms with Crippen LogP contribution in [0.5, 0.6) is 0 Å². The number of morpholine rings is 1. The van der Waals surface area contributed by atoms with Gasteiger partial charge in [0.05, 0.1) is 25.5 Å². The number of rotatable bonds is 4. The molecule has 2 aromatic rings. The van der Waals surface area contributed by atoms with E-state index in [9.17, 15) is 9.59 Å². The van der Waals surface area contributed by atoms with Crippen molar-refractivity contribution in [3.63, 3.8) is 0 Å². The summed E-state index contributed by atoms with van der Waals surface area (Å²) in [6, 6.07) is 9.52. The number of benzene rings is 1. The number of amides is 1. The van der Waals surface area contributed by atoms with Gasteiger partial charge in [0.1, 0.15) is 6.54 Å². The van der Waals surface area contributed by atoms with Crippen LogP contribution in [0.3, 0.4) is 0 Å². The zero-order valence-electron chi connectivity index (χ0n) is 12.3. The maximum absolute atomic E-state index is 12.6. The molecule has 1 N–H and O–H groups in total. The van der Waals surface area contributed by atoms with Crippen molar-refractivity contribution in [3.8, 4) is 0 Å². The smallest absolute Gasteiger partial charge is 0.358 e. The second-order valence-corrected chi connectivity index (χ2v) is 5.20. The van der Waals surface area contributed by atoms with E-state index in [4.69, 9.17) is 9.84 Å². The fourth-order valence-corrected chi connectivity index (χ4v) is 2.56. The highest BCUT2D eigenvalue weighted by atomic mass is 16.5. The Hall–Kier alpha value is -2.74. The SMILES string of the molecule is O=C(O)c1cn(CC(=O)N2CCOCC2c2ccccc2)nn1. The number of nitrogens with zero attached hydrogens (tertiary/aromatic N) is 4. The lowest BCUT2D eigenvalue weighted by Crippen LogP contribution is -2.44. The molecule has 1 aliphatic rings. The highest BCUT2D eigenvalue weighted by Gasteiger charge is 2.28. The minimum absolute atomic E-state index is 0.0520. The minimum Gasteiger partial charge on any atom is -0.476 e. The normalized spacial score (nSPS) is 17.9. The Balaban J connectivity index is 1.74. The summed E-state index contributed by atoms with van der Waals surface area (Å²) in [7, 11) is 0. The second kappa shape index (κ2) is 6.57. The van der Waals surface area contributed by atoms with Crippen molar-refractivity contribution >= 4 is 11.9 Å². The molecular formula is C15H16N4O4. The summed E-state index contributed by atoms with van der Waals surface area (Å²) in [6.45, 7) is 1.35. The van der Waals surface area contributed by atoms with Crippen molar-refractivity contribution < 1.29 is 19.4 Å². The number of hydrogen-bond acceptors (Lipinski definition) is 5. The van der Waals surface area contributed by atoms with Crippen LogP contribution in [0.4, 0.5) is 0 Å². The van der Waals surface area contributed by atoms with Gasteiger partial charge in [0.25, 0.3) is 0 Å². The van der Waals surface area contributed by atoms with Crippen LogP contribution in [0.15, 0.2) is 36.5 Å². The van der Waals surface area contributed by atoms with Crippen molar-refractivity contribution in [2.24, 2.45) is 0 Å². The second-order valence-electron chi connectivity index (χ2n) is 5.20. The lowest BCUT2D eigenvalue weighted by atomic mass is 10.0. The first-order valence-electron chi connectivity index (χ1n) is 7.21. The summed E-state index contributed by atoms with van der Waals surface area (Å²) < 4.78 is 6.74. The van der Waals surface area contributed by atoms with E-state index in [1.807, 2.05) is 30.3 Å². The number of carboxylic acids is 1. The summed E-state index contributed by atoms with van der Waals surface area (Å²) in [6.07, 6.45) is 1.25. The summed E-state index contributed by atoms with van der Waals surface area (Å²) in [4.78, 5) is 25.1. The van der Waals surface area contributed by atoms with Crippen LogP contribution in [0.1, 0.15) is 22.1 Å². The maximum atomic E-state index is 12.6. The van der Waals surface area contributed by atoms with Gasteiger partial charge in [0.15, 0.2) is 5.69 Å². The monoisotopic (exact) mass is 316 g/mol. The summed E-state index contributed by atoms with van der Waals surface area (Å²) in [5, 5.41) is 16.0. The average molecular weight is 316 g/mol. The maximum Gasteiger partial charge on any atom is 0.358 e. The molecule has 0 aliphatic carbocycles. The lowest BCUT2D eigenvalue weighted by molar-refractivity contribution is -0.141.